The number of sulfonamides is 1. The summed E-state index contributed by atoms with van der Waals surface area (Å²) in [5, 5.41) is 19.8. The van der Waals surface area contributed by atoms with Gasteiger partial charge in [-0.3, -0.25) is 0 Å². The van der Waals surface area contributed by atoms with E-state index in [1.54, 1.807) is 4.57 Å². The van der Waals surface area contributed by atoms with Crippen LogP contribution in [0.5, 0.6) is 5.88 Å². The van der Waals surface area contributed by atoms with Gasteiger partial charge in [-0.15, -0.1) is 10.2 Å². The fourth-order valence-electron chi connectivity index (χ4n) is 3.79. The SMILES string of the molecule is CC(C)n1c(O)c(N=Nc2ccc(S(=O)(=O)N3CCCCC3)cn2)c2ccccc21. The molecule has 0 saturated carbocycles. The monoisotopic (exact) mass is 427 g/mol. The first-order chi connectivity index (χ1) is 14.4. The molecule has 1 N–H and O–H groups in total. The van der Waals surface area contributed by atoms with Gasteiger partial charge in [-0.25, -0.2) is 13.4 Å². The molecule has 3 aromatic rings. The number of fused-ring (bicyclic) bond motifs is 1. The zero-order chi connectivity index (χ0) is 21.3. The van der Waals surface area contributed by atoms with E-state index in [9.17, 15) is 13.5 Å². The fourth-order valence-corrected chi connectivity index (χ4v) is 5.26. The largest absolute Gasteiger partial charge is 0.493 e. The van der Waals surface area contributed by atoms with Crippen molar-refractivity contribution in [1.82, 2.24) is 13.9 Å². The number of aromatic hydroxyl groups is 1. The van der Waals surface area contributed by atoms with E-state index >= 15 is 0 Å². The van der Waals surface area contributed by atoms with Gasteiger partial charge in [-0.1, -0.05) is 24.6 Å². The summed E-state index contributed by atoms with van der Waals surface area (Å²) < 4.78 is 28.8. The van der Waals surface area contributed by atoms with Crippen molar-refractivity contribution in [3.05, 3.63) is 42.6 Å². The summed E-state index contributed by atoms with van der Waals surface area (Å²) in [5.74, 6) is 0.313. The normalized spacial score (nSPS) is 16.1. The smallest absolute Gasteiger partial charge is 0.244 e. The van der Waals surface area contributed by atoms with Crippen LogP contribution >= 0.6 is 0 Å². The predicted molar refractivity (Wildman–Crippen MR) is 115 cm³/mol. The molecule has 0 spiro atoms. The summed E-state index contributed by atoms with van der Waals surface area (Å²) in [6.45, 7) is 5.05. The van der Waals surface area contributed by atoms with Crippen LogP contribution in [0.1, 0.15) is 39.2 Å². The maximum atomic E-state index is 12.7. The Labute approximate surface area is 175 Å². The summed E-state index contributed by atoms with van der Waals surface area (Å²) in [6, 6.07) is 10.7. The van der Waals surface area contributed by atoms with Crippen LogP contribution in [0.2, 0.25) is 0 Å². The fraction of sp³-hybridized carbons (Fsp3) is 0.381. The third-order valence-electron chi connectivity index (χ3n) is 5.30. The van der Waals surface area contributed by atoms with E-state index in [0.29, 0.717) is 18.8 Å². The van der Waals surface area contributed by atoms with Crippen molar-refractivity contribution in [2.24, 2.45) is 10.2 Å². The highest BCUT2D eigenvalue weighted by molar-refractivity contribution is 7.89. The number of hydrogen-bond acceptors (Lipinski definition) is 6. The van der Waals surface area contributed by atoms with Crippen LogP contribution in [0.3, 0.4) is 0 Å². The molecule has 1 aromatic carbocycles. The van der Waals surface area contributed by atoms with E-state index in [2.05, 4.69) is 15.2 Å². The van der Waals surface area contributed by atoms with Crippen LogP contribution in [-0.4, -0.2) is 40.5 Å². The van der Waals surface area contributed by atoms with Crippen molar-refractivity contribution in [3.8, 4) is 5.88 Å². The van der Waals surface area contributed by atoms with Gasteiger partial charge in [0, 0.05) is 30.7 Å². The van der Waals surface area contributed by atoms with Crippen LogP contribution in [-0.2, 0) is 10.0 Å². The lowest BCUT2D eigenvalue weighted by molar-refractivity contribution is 0.346. The van der Waals surface area contributed by atoms with Crippen molar-refractivity contribution >= 4 is 32.4 Å². The van der Waals surface area contributed by atoms with E-state index < -0.39 is 10.0 Å². The second kappa shape index (κ2) is 8.16. The first kappa shape index (κ1) is 20.5. The summed E-state index contributed by atoms with van der Waals surface area (Å²) in [5.41, 5.74) is 1.24. The molecule has 0 unspecified atom stereocenters. The van der Waals surface area contributed by atoms with Crippen LogP contribution < -0.4 is 0 Å². The first-order valence-corrected chi connectivity index (χ1v) is 11.5. The van der Waals surface area contributed by atoms with E-state index in [4.69, 9.17) is 0 Å². The second-order valence-corrected chi connectivity index (χ2v) is 9.61. The molecule has 1 fully saturated rings. The number of aromatic nitrogens is 2. The van der Waals surface area contributed by atoms with Gasteiger partial charge < -0.3 is 9.67 Å². The molecule has 1 aliphatic heterocycles. The minimum atomic E-state index is -3.53. The molecule has 0 aliphatic carbocycles. The molecule has 8 nitrogen and oxygen atoms in total. The molecule has 0 radical (unpaired) electrons. The third kappa shape index (κ3) is 3.70. The van der Waals surface area contributed by atoms with Crippen molar-refractivity contribution in [2.45, 2.75) is 44.0 Å². The highest BCUT2D eigenvalue weighted by Gasteiger charge is 2.26. The number of hydrogen-bond donors (Lipinski definition) is 1. The number of rotatable bonds is 5. The minimum Gasteiger partial charge on any atom is -0.493 e. The molecule has 30 heavy (non-hydrogen) atoms. The molecule has 0 amide bonds. The maximum Gasteiger partial charge on any atom is 0.244 e. The number of para-hydroxylation sites is 1. The molecule has 1 aliphatic rings. The average Bonchev–Trinajstić information content (AvgIpc) is 3.04. The molecule has 1 saturated heterocycles. The zero-order valence-electron chi connectivity index (χ0n) is 17.1. The number of benzene rings is 1. The molecule has 0 bridgehead atoms. The number of piperidine rings is 1. The van der Waals surface area contributed by atoms with Crippen LogP contribution in [0.4, 0.5) is 11.5 Å². The Morgan fingerprint density at radius 2 is 1.77 bits per heavy atom. The predicted octanol–water partition coefficient (Wildman–Crippen LogP) is 4.91. The minimum absolute atomic E-state index is 0.0410. The van der Waals surface area contributed by atoms with E-state index in [0.717, 1.165) is 30.2 Å². The quantitative estimate of drug-likeness (QED) is 0.585. The zero-order valence-corrected chi connectivity index (χ0v) is 17.9. The van der Waals surface area contributed by atoms with E-state index in [1.807, 2.05) is 38.1 Å². The summed E-state index contributed by atoms with van der Waals surface area (Å²) >= 11 is 0. The molecular formula is C21H25N5O3S. The van der Waals surface area contributed by atoms with E-state index in [-0.39, 0.29) is 22.6 Å². The second-order valence-electron chi connectivity index (χ2n) is 7.67. The number of nitrogens with zero attached hydrogens (tertiary/aromatic N) is 5. The highest BCUT2D eigenvalue weighted by Crippen LogP contribution is 2.41. The Balaban J connectivity index is 1.62. The molecule has 2 aromatic heterocycles. The summed E-state index contributed by atoms with van der Waals surface area (Å²) in [4.78, 5) is 4.31. The van der Waals surface area contributed by atoms with Crippen molar-refractivity contribution in [3.63, 3.8) is 0 Å². The van der Waals surface area contributed by atoms with E-state index in [1.165, 1.54) is 22.6 Å². The van der Waals surface area contributed by atoms with Crippen LogP contribution in [0, 0.1) is 0 Å². The first-order valence-electron chi connectivity index (χ1n) is 10.1. The topological polar surface area (TPSA) is 100 Å². The lowest BCUT2D eigenvalue weighted by Gasteiger charge is -2.25. The highest BCUT2D eigenvalue weighted by atomic mass is 32.2. The Morgan fingerprint density at radius 3 is 2.43 bits per heavy atom. The van der Waals surface area contributed by atoms with Gasteiger partial charge in [0.2, 0.25) is 15.9 Å². The number of azo groups is 1. The Morgan fingerprint density at radius 1 is 1.03 bits per heavy atom. The summed E-state index contributed by atoms with van der Waals surface area (Å²) in [6.07, 6.45) is 4.14. The molecule has 3 heterocycles. The van der Waals surface area contributed by atoms with Gasteiger partial charge >= 0.3 is 0 Å². The van der Waals surface area contributed by atoms with Crippen LogP contribution in [0.25, 0.3) is 10.9 Å². The molecule has 4 rings (SSSR count). The van der Waals surface area contributed by atoms with Crippen molar-refractivity contribution < 1.29 is 13.5 Å². The molecule has 158 valence electrons. The van der Waals surface area contributed by atoms with Gasteiger partial charge in [0.05, 0.1) is 5.52 Å². The lowest BCUT2D eigenvalue weighted by Crippen LogP contribution is -2.35. The molecular weight excluding hydrogens is 402 g/mol. The summed E-state index contributed by atoms with van der Waals surface area (Å²) in [7, 11) is -3.53. The molecule has 9 heteroatoms. The van der Waals surface area contributed by atoms with Gasteiger partial charge in [0.15, 0.2) is 11.5 Å². The van der Waals surface area contributed by atoms with Gasteiger partial charge in [-0.05, 0) is 44.9 Å². The van der Waals surface area contributed by atoms with Crippen molar-refractivity contribution in [1.29, 1.82) is 0 Å². The maximum absolute atomic E-state index is 12.7. The van der Waals surface area contributed by atoms with Gasteiger partial charge in [-0.2, -0.15) is 4.31 Å². The Kier molecular flexibility index (Phi) is 5.57. The number of pyridine rings is 1. The Hall–Kier alpha value is -2.78. The van der Waals surface area contributed by atoms with Crippen LogP contribution in [0.15, 0.2) is 57.7 Å². The average molecular weight is 428 g/mol. The lowest BCUT2D eigenvalue weighted by atomic mass is 10.2. The van der Waals surface area contributed by atoms with Crippen molar-refractivity contribution in [2.75, 3.05) is 13.1 Å². The standard InChI is InChI=1S/C21H25N5O3S/c1-15(2)26-18-9-5-4-8-17(18)20(21(26)27)24-23-19-11-10-16(14-22-19)30(28,29)25-12-6-3-7-13-25/h4-5,8-11,14-15,27H,3,6-7,12-13H2,1-2H3. The molecule has 0 atom stereocenters. The Bertz CT molecular complexity index is 1180. The van der Waals surface area contributed by atoms with Gasteiger partial charge in [0.1, 0.15) is 4.90 Å². The van der Waals surface area contributed by atoms with Gasteiger partial charge in [0.25, 0.3) is 0 Å². The third-order valence-corrected chi connectivity index (χ3v) is 7.18.